The molecule has 0 spiro atoms. The van der Waals surface area contributed by atoms with Crippen LogP contribution < -0.4 is 5.32 Å². The number of hydrogen-bond acceptors (Lipinski definition) is 5. The molecule has 6 heteroatoms. The monoisotopic (exact) mass is 303 g/mol. The number of benzene rings is 1. The molecule has 0 saturated heterocycles. The highest BCUT2D eigenvalue weighted by atomic mass is 16.5. The Morgan fingerprint density at radius 1 is 1.55 bits per heavy atom. The number of methoxy groups -OCH3 is 1. The molecule has 22 heavy (non-hydrogen) atoms. The van der Waals surface area contributed by atoms with E-state index in [4.69, 9.17) is 9.47 Å². The molecule has 1 N–H and O–H groups in total. The summed E-state index contributed by atoms with van der Waals surface area (Å²) >= 11 is 0. The summed E-state index contributed by atoms with van der Waals surface area (Å²) in [6, 6.07) is 6.13. The van der Waals surface area contributed by atoms with Gasteiger partial charge in [0.1, 0.15) is 12.4 Å². The van der Waals surface area contributed by atoms with Gasteiger partial charge in [-0.1, -0.05) is 13.8 Å². The standard InChI is InChI=1S/C16H21N3O3/c1-10(2)17-7-12-8-22-9-15-18-13-6-11(16(20)21-3)4-5-14(13)19(12)15/h4-6,10,12,17H,7-9H2,1-3H3. The molecular formula is C16H21N3O3. The van der Waals surface area contributed by atoms with E-state index in [9.17, 15) is 4.79 Å². The van der Waals surface area contributed by atoms with Gasteiger partial charge in [0.05, 0.1) is 36.4 Å². The number of ether oxygens (including phenoxy) is 2. The number of hydrogen-bond donors (Lipinski definition) is 1. The molecule has 1 atom stereocenters. The van der Waals surface area contributed by atoms with E-state index in [2.05, 4.69) is 28.7 Å². The maximum atomic E-state index is 11.7. The Bertz CT molecular complexity index is 693. The zero-order chi connectivity index (χ0) is 15.7. The second kappa shape index (κ2) is 6.06. The Kier molecular flexibility index (Phi) is 4.13. The van der Waals surface area contributed by atoms with E-state index in [-0.39, 0.29) is 12.0 Å². The Morgan fingerprint density at radius 3 is 3.09 bits per heavy atom. The Balaban J connectivity index is 1.98. The maximum Gasteiger partial charge on any atom is 0.337 e. The number of aromatic nitrogens is 2. The summed E-state index contributed by atoms with van der Waals surface area (Å²) in [5.74, 6) is 0.556. The van der Waals surface area contributed by atoms with Gasteiger partial charge in [-0.2, -0.15) is 0 Å². The molecule has 118 valence electrons. The molecule has 1 aliphatic rings. The third-order valence-electron chi connectivity index (χ3n) is 3.85. The highest BCUT2D eigenvalue weighted by molar-refractivity contribution is 5.93. The van der Waals surface area contributed by atoms with Crippen LogP contribution >= 0.6 is 0 Å². The fraction of sp³-hybridized carbons (Fsp3) is 0.500. The van der Waals surface area contributed by atoms with Crippen LogP contribution in [0.15, 0.2) is 18.2 Å². The number of carbonyl (C=O) groups is 1. The number of fused-ring (bicyclic) bond motifs is 3. The SMILES string of the molecule is COC(=O)c1ccc2c(c1)nc1n2C(CNC(C)C)COC1. The van der Waals surface area contributed by atoms with Gasteiger partial charge in [-0.3, -0.25) is 0 Å². The zero-order valence-electron chi connectivity index (χ0n) is 13.1. The molecule has 0 saturated carbocycles. The van der Waals surface area contributed by atoms with Crippen LogP contribution in [-0.2, 0) is 16.1 Å². The highest BCUT2D eigenvalue weighted by Gasteiger charge is 2.24. The molecule has 0 fully saturated rings. The van der Waals surface area contributed by atoms with Crippen molar-refractivity contribution in [2.24, 2.45) is 0 Å². The average molecular weight is 303 g/mol. The fourth-order valence-corrected chi connectivity index (χ4v) is 2.79. The smallest absolute Gasteiger partial charge is 0.337 e. The van der Waals surface area contributed by atoms with Gasteiger partial charge in [-0.15, -0.1) is 0 Å². The molecule has 0 amide bonds. The minimum Gasteiger partial charge on any atom is -0.465 e. The highest BCUT2D eigenvalue weighted by Crippen LogP contribution is 2.26. The number of nitrogens with one attached hydrogen (secondary N) is 1. The van der Waals surface area contributed by atoms with Crippen LogP contribution in [0, 0.1) is 0 Å². The molecule has 0 radical (unpaired) electrons. The maximum absolute atomic E-state index is 11.7. The van der Waals surface area contributed by atoms with E-state index in [1.165, 1.54) is 7.11 Å². The molecule has 2 heterocycles. The molecule has 0 aliphatic carbocycles. The van der Waals surface area contributed by atoms with Gasteiger partial charge >= 0.3 is 5.97 Å². The first-order chi connectivity index (χ1) is 10.6. The van der Waals surface area contributed by atoms with E-state index >= 15 is 0 Å². The van der Waals surface area contributed by atoms with Gasteiger partial charge < -0.3 is 19.4 Å². The molecule has 1 aliphatic heterocycles. The molecule has 0 bridgehead atoms. The van der Waals surface area contributed by atoms with Gasteiger partial charge in [-0.05, 0) is 18.2 Å². The van der Waals surface area contributed by atoms with Crippen molar-refractivity contribution in [3.05, 3.63) is 29.6 Å². The van der Waals surface area contributed by atoms with Gasteiger partial charge in [0.2, 0.25) is 0 Å². The minimum atomic E-state index is -0.345. The van der Waals surface area contributed by atoms with Crippen molar-refractivity contribution in [2.75, 3.05) is 20.3 Å². The van der Waals surface area contributed by atoms with E-state index < -0.39 is 0 Å². The second-order valence-electron chi connectivity index (χ2n) is 5.83. The molecule has 1 aromatic carbocycles. The van der Waals surface area contributed by atoms with Crippen molar-refractivity contribution < 1.29 is 14.3 Å². The van der Waals surface area contributed by atoms with Crippen LogP contribution in [0.1, 0.15) is 36.1 Å². The van der Waals surface area contributed by atoms with E-state index in [0.29, 0.717) is 24.8 Å². The van der Waals surface area contributed by atoms with E-state index in [1.807, 2.05) is 6.07 Å². The Morgan fingerprint density at radius 2 is 2.36 bits per heavy atom. The second-order valence-corrected chi connectivity index (χ2v) is 5.83. The van der Waals surface area contributed by atoms with Gasteiger partial charge in [0.15, 0.2) is 0 Å². The number of imidazole rings is 1. The third-order valence-corrected chi connectivity index (χ3v) is 3.85. The quantitative estimate of drug-likeness (QED) is 0.874. The fourth-order valence-electron chi connectivity index (χ4n) is 2.79. The lowest BCUT2D eigenvalue weighted by Gasteiger charge is -2.27. The van der Waals surface area contributed by atoms with E-state index in [1.54, 1.807) is 12.1 Å². The molecular weight excluding hydrogens is 282 g/mol. The van der Waals surface area contributed by atoms with Crippen LogP contribution in [0.5, 0.6) is 0 Å². The summed E-state index contributed by atoms with van der Waals surface area (Å²) in [7, 11) is 1.38. The molecule has 1 unspecified atom stereocenters. The summed E-state index contributed by atoms with van der Waals surface area (Å²) in [5.41, 5.74) is 2.35. The number of nitrogens with zero attached hydrogens (tertiary/aromatic N) is 2. The third kappa shape index (κ3) is 2.71. The van der Waals surface area contributed by atoms with E-state index in [0.717, 1.165) is 23.4 Å². The van der Waals surface area contributed by atoms with Crippen LogP contribution in [0.3, 0.4) is 0 Å². The van der Waals surface area contributed by atoms with Crippen molar-refractivity contribution in [1.29, 1.82) is 0 Å². The Hall–Kier alpha value is -1.92. The van der Waals surface area contributed by atoms with Crippen LogP contribution in [0.25, 0.3) is 11.0 Å². The van der Waals surface area contributed by atoms with Crippen molar-refractivity contribution in [3.8, 4) is 0 Å². The number of esters is 1. The largest absolute Gasteiger partial charge is 0.465 e. The topological polar surface area (TPSA) is 65.4 Å². The summed E-state index contributed by atoms with van der Waals surface area (Å²) < 4.78 is 12.6. The van der Waals surface area contributed by atoms with Gasteiger partial charge in [-0.25, -0.2) is 9.78 Å². The van der Waals surface area contributed by atoms with Crippen molar-refractivity contribution in [2.45, 2.75) is 32.5 Å². The lowest BCUT2D eigenvalue weighted by Crippen LogP contribution is -2.35. The van der Waals surface area contributed by atoms with Gasteiger partial charge in [0, 0.05) is 12.6 Å². The summed E-state index contributed by atoms with van der Waals surface area (Å²) in [5, 5.41) is 3.45. The van der Waals surface area contributed by atoms with Crippen molar-refractivity contribution in [1.82, 2.24) is 14.9 Å². The summed E-state index contributed by atoms with van der Waals surface area (Å²) in [6.07, 6.45) is 0. The lowest BCUT2D eigenvalue weighted by molar-refractivity contribution is 0.0559. The van der Waals surface area contributed by atoms with Crippen LogP contribution in [-0.4, -0.2) is 41.8 Å². The summed E-state index contributed by atoms with van der Waals surface area (Å²) in [6.45, 7) is 6.24. The molecule has 1 aromatic heterocycles. The average Bonchev–Trinajstić information content (AvgIpc) is 2.90. The normalized spacial score (nSPS) is 17.7. The first kappa shape index (κ1) is 15.0. The molecule has 6 nitrogen and oxygen atoms in total. The number of rotatable bonds is 4. The minimum absolute atomic E-state index is 0.208. The van der Waals surface area contributed by atoms with Gasteiger partial charge in [0.25, 0.3) is 0 Å². The zero-order valence-corrected chi connectivity index (χ0v) is 13.1. The van der Waals surface area contributed by atoms with Crippen molar-refractivity contribution in [3.63, 3.8) is 0 Å². The van der Waals surface area contributed by atoms with Crippen LogP contribution in [0.4, 0.5) is 0 Å². The summed E-state index contributed by atoms with van der Waals surface area (Å²) in [4.78, 5) is 16.3. The van der Waals surface area contributed by atoms with Crippen LogP contribution in [0.2, 0.25) is 0 Å². The molecule has 3 rings (SSSR count). The van der Waals surface area contributed by atoms with Crippen molar-refractivity contribution >= 4 is 17.0 Å². The predicted molar refractivity (Wildman–Crippen MR) is 82.9 cm³/mol. The Labute approximate surface area is 129 Å². The molecule has 2 aromatic rings. The first-order valence-electron chi connectivity index (χ1n) is 7.50. The number of carbonyl (C=O) groups excluding carboxylic acids is 1. The first-order valence-corrected chi connectivity index (χ1v) is 7.50. The predicted octanol–water partition coefficient (Wildman–Crippen LogP) is 1.89. The lowest BCUT2D eigenvalue weighted by atomic mass is 10.2.